The second-order valence-electron chi connectivity index (χ2n) is 9.38. The predicted molar refractivity (Wildman–Crippen MR) is 120 cm³/mol. The van der Waals surface area contributed by atoms with Crippen molar-refractivity contribution < 1.29 is 33.0 Å². The van der Waals surface area contributed by atoms with Gasteiger partial charge in [-0.25, -0.2) is 9.18 Å². The molecule has 8 nitrogen and oxygen atoms in total. The van der Waals surface area contributed by atoms with Crippen molar-refractivity contribution in [3.05, 3.63) is 35.6 Å². The fourth-order valence-corrected chi connectivity index (χ4v) is 3.96. The number of ketones is 1. The third kappa shape index (κ3) is 6.98. The van der Waals surface area contributed by atoms with Crippen molar-refractivity contribution in [2.24, 2.45) is 5.92 Å². The molecule has 0 radical (unpaired) electrons. The normalized spacial score (nSPS) is 21.3. The van der Waals surface area contributed by atoms with Crippen molar-refractivity contribution in [1.82, 2.24) is 10.2 Å². The molecule has 0 aromatic heterocycles. The summed E-state index contributed by atoms with van der Waals surface area (Å²) in [6, 6.07) is 3.89. The molecule has 2 unspecified atom stereocenters. The molecule has 184 valence electrons. The Morgan fingerprint density at radius 3 is 2.24 bits per heavy atom. The lowest BCUT2D eigenvalue weighted by molar-refractivity contribution is -0.131. The summed E-state index contributed by atoms with van der Waals surface area (Å²) >= 11 is 0. The van der Waals surface area contributed by atoms with Crippen LogP contribution in [-0.4, -0.2) is 73.3 Å². The monoisotopic (exact) mass is 466 g/mol. The SMILES string of the molecule is COC1CC([C@H](OC)[C@@H](C)C(=O)N[C@@H](C)C(=O)c2ccc(F)cc2)N(C(=O)OC(C)(C)C)C1. The first-order valence-corrected chi connectivity index (χ1v) is 11.0. The molecule has 1 aliphatic heterocycles. The average Bonchev–Trinajstić information content (AvgIpc) is 3.17. The minimum Gasteiger partial charge on any atom is -0.444 e. The van der Waals surface area contributed by atoms with E-state index in [1.54, 1.807) is 46.6 Å². The lowest BCUT2D eigenvalue weighted by Gasteiger charge is -2.34. The zero-order valence-corrected chi connectivity index (χ0v) is 20.4. The Balaban J connectivity index is 2.12. The molecule has 1 aromatic carbocycles. The number of nitrogens with one attached hydrogen (secondary N) is 1. The Labute approximate surface area is 194 Å². The maximum atomic E-state index is 13.1. The lowest BCUT2D eigenvalue weighted by Crippen LogP contribution is -2.52. The van der Waals surface area contributed by atoms with E-state index in [1.165, 1.54) is 31.4 Å². The molecule has 5 atom stereocenters. The van der Waals surface area contributed by atoms with Crippen molar-refractivity contribution >= 4 is 17.8 Å². The summed E-state index contributed by atoms with van der Waals surface area (Å²) < 4.78 is 29.8. The number of hydrogen-bond donors (Lipinski definition) is 1. The molecule has 9 heteroatoms. The highest BCUT2D eigenvalue weighted by molar-refractivity contribution is 6.01. The third-order valence-corrected chi connectivity index (χ3v) is 5.70. The highest BCUT2D eigenvalue weighted by Crippen LogP contribution is 2.29. The number of ether oxygens (including phenoxy) is 3. The fourth-order valence-electron chi connectivity index (χ4n) is 3.96. The van der Waals surface area contributed by atoms with Crippen LogP contribution in [0.3, 0.4) is 0 Å². The molecule has 1 aromatic rings. The smallest absolute Gasteiger partial charge is 0.410 e. The van der Waals surface area contributed by atoms with Gasteiger partial charge in [-0.3, -0.25) is 14.5 Å². The van der Waals surface area contributed by atoms with Gasteiger partial charge in [0.1, 0.15) is 11.4 Å². The highest BCUT2D eigenvalue weighted by atomic mass is 19.1. The number of Topliss-reactive ketones (excluding diaryl/α,β-unsaturated/α-hetero) is 1. The molecule has 0 spiro atoms. The molecule has 33 heavy (non-hydrogen) atoms. The van der Waals surface area contributed by atoms with E-state index >= 15 is 0 Å². The Kier molecular flexibility index (Phi) is 8.97. The van der Waals surface area contributed by atoms with Crippen molar-refractivity contribution in [1.29, 1.82) is 0 Å². The van der Waals surface area contributed by atoms with Crippen LogP contribution in [0, 0.1) is 11.7 Å². The molecule has 1 aliphatic rings. The van der Waals surface area contributed by atoms with Crippen LogP contribution in [0.4, 0.5) is 9.18 Å². The number of amides is 2. The van der Waals surface area contributed by atoms with Crippen LogP contribution in [0.1, 0.15) is 51.4 Å². The van der Waals surface area contributed by atoms with Crippen LogP contribution < -0.4 is 5.32 Å². The van der Waals surface area contributed by atoms with E-state index < -0.39 is 47.5 Å². The maximum Gasteiger partial charge on any atom is 0.410 e. The predicted octanol–water partition coefficient (Wildman–Crippen LogP) is 3.19. The van der Waals surface area contributed by atoms with Gasteiger partial charge in [-0.15, -0.1) is 0 Å². The number of hydrogen-bond acceptors (Lipinski definition) is 6. The number of benzene rings is 1. The van der Waals surface area contributed by atoms with Crippen LogP contribution in [-0.2, 0) is 19.0 Å². The highest BCUT2D eigenvalue weighted by Gasteiger charge is 2.45. The number of rotatable bonds is 8. The number of methoxy groups -OCH3 is 2. The van der Waals surface area contributed by atoms with Gasteiger partial charge in [-0.05, 0) is 58.4 Å². The lowest BCUT2D eigenvalue weighted by atomic mass is 9.94. The topological polar surface area (TPSA) is 94.2 Å². The zero-order chi connectivity index (χ0) is 24.9. The van der Waals surface area contributed by atoms with Gasteiger partial charge in [0.15, 0.2) is 5.78 Å². The van der Waals surface area contributed by atoms with Crippen LogP contribution in [0.25, 0.3) is 0 Å². The van der Waals surface area contributed by atoms with Gasteiger partial charge >= 0.3 is 6.09 Å². The molecule has 2 amide bonds. The van der Waals surface area contributed by atoms with Gasteiger partial charge in [-0.2, -0.15) is 0 Å². The largest absolute Gasteiger partial charge is 0.444 e. The van der Waals surface area contributed by atoms with Crippen molar-refractivity contribution in [2.75, 3.05) is 20.8 Å². The summed E-state index contributed by atoms with van der Waals surface area (Å²) in [4.78, 5) is 40.0. The van der Waals surface area contributed by atoms with Gasteiger partial charge < -0.3 is 19.5 Å². The summed E-state index contributed by atoms with van der Waals surface area (Å²) in [5.74, 6) is -1.85. The van der Waals surface area contributed by atoms with Gasteiger partial charge in [-0.1, -0.05) is 6.92 Å². The van der Waals surface area contributed by atoms with E-state index in [-0.39, 0.29) is 11.9 Å². The van der Waals surface area contributed by atoms with E-state index in [0.717, 1.165) is 0 Å². The summed E-state index contributed by atoms with van der Waals surface area (Å²) in [7, 11) is 3.05. The minimum absolute atomic E-state index is 0.214. The summed E-state index contributed by atoms with van der Waals surface area (Å²) in [5.41, 5.74) is -0.371. The Morgan fingerprint density at radius 2 is 1.73 bits per heavy atom. The molecule has 1 fully saturated rings. The first-order chi connectivity index (χ1) is 15.4. The molecular weight excluding hydrogens is 431 g/mol. The van der Waals surface area contributed by atoms with Crippen LogP contribution >= 0.6 is 0 Å². The molecule has 0 aliphatic carbocycles. The van der Waals surface area contributed by atoms with Gasteiger partial charge in [0.2, 0.25) is 5.91 Å². The first-order valence-electron chi connectivity index (χ1n) is 11.0. The molecule has 1 heterocycles. The average molecular weight is 467 g/mol. The summed E-state index contributed by atoms with van der Waals surface area (Å²) in [5, 5.41) is 2.71. The molecule has 1 saturated heterocycles. The van der Waals surface area contributed by atoms with E-state index in [4.69, 9.17) is 14.2 Å². The third-order valence-electron chi connectivity index (χ3n) is 5.70. The molecule has 0 bridgehead atoms. The van der Waals surface area contributed by atoms with E-state index in [0.29, 0.717) is 18.5 Å². The number of nitrogens with zero attached hydrogens (tertiary/aromatic N) is 1. The number of halogens is 1. The van der Waals surface area contributed by atoms with Crippen molar-refractivity contribution in [3.8, 4) is 0 Å². The summed E-state index contributed by atoms with van der Waals surface area (Å²) in [6.45, 7) is 8.94. The van der Waals surface area contributed by atoms with Gasteiger partial charge in [0.25, 0.3) is 0 Å². The Hall–Kier alpha value is -2.52. The Bertz CT molecular complexity index is 838. The fraction of sp³-hybridized carbons (Fsp3) is 0.625. The maximum absolute atomic E-state index is 13.1. The zero-order valence-electron chi connectivity index (χ0n) is 20.4. The summed E-state index contributed by atoms with van der Waals surface area (Å²) in [6.07, 6.45) is -0.877. The molecule has 0 saturated carbocycles. The minimum atomic E-state index is -0.819. The first kappa shape index (κ1) is 26.7. The Morgan fingerprint density at radius 1 is 1.12 bits per heavy atom. The second-order valence-corrected chi connectivity index (χ2v) is 9.38. The number of carbonyl (C=O) groups excluding carboxylic acids is 3. The van der Waals surface area contributed by atoms with Crippen LogP contribution in [0.5, 0.6) is 0 Å². The quantitative estimate of drug-likeness (QED) is 0.592. The van der Waals surface area contributed by atoms with Crippen LogP contribution in [0.15, 0.2) is 24.3 Å². The van der Waals surface area contributed by atoms with E-state index in [1.807, 2.05) is 0 Å². The standard InChI is InChI=1S/C24H35FN2O6/c1-14(22(29)26-15(2)20(28)16-8-10-17(25)11-9-16)21(32-7)19-12-18(31-6)13-27(19)23(30)33-24(3,4)5/h8-11,14-15,18-19,21H,12-13H2,1-7H3,(H,26,29)/t14-,15+,18?,19?,21-/m1/s1. The van der Waals surface area contributed by atoms with E-state index in [9.17, 15) is 18.8 Å². The van der Waals surface area contributed by atoms with Crippen molar-refractivity contribution in [3.63, 3.8) is 0 Å². The second kappa shape index (κ2) is 11.1. The molecular formula is C24H35FN2O6. The molecule has 1 N–H and O–H groups in total. The van der Waals surface area contributed by atoms with Crippen molar-refractivity contribution in [2.45, 2.75) is 70.9 Å². The number of carbonyl (C=O) groups is 3. The molecule has 2 rings (SSSR count). The van der Waals surface area contributed by atoms with Gasteiger partial charge in [0.05, 0.1) is 36.8 Å². The van der Waals surface area contributed by atoms with Crippen LogP contribution in [0.2, 0.25) is 0 Å². The van der Waals surface area contributed by atoms with Gasteiger partial charge in [0, 0.05) is 19.8 Å². The number of likely N-dealkylation sites (tertiary alicyclic amines) is 1. The van der Waals surface area contributed by atoms with E-state index in [2.05, 4.69) is 5.32 Å².